The predicted molar refractivity (Wildman–Crippen MR) is 98.6 cm³/mol. The second-order valence-corrected chi connectivity index (χ2v) is 6.58. The molecule has 0 bridgehead atoms. The minimum absolute atomic E-state index is 0.485. The van der Waals surface area contributed by atoms with E-state index in [4.69, 9.17) is 9.47 Å². The second kappa shape index (κ2) is 9.60. The number of ether oxygens (including phenoxy) is 2. The molecule has 1 aromatic carbocycles. The highest BCUT2D eigenvalue weighted by molar-refractivity contribution is 5.98. The summed E-state index contributed by atoms with van der Waals surface area (Å²) < 4.78 is 10.5. The minimum atomic E-state index is -1.11. The molecular formula is C19H26N2O5. The van der Waals surface area contributed by atoms with Crippen molar-refractivity contribution in [1.29, 1.82) is 0 Å². The maximum atomic E-state index is 11.9. The highest BCUT2D eigenvalue weighted by Crippen LogP contribution is 2.19. The second-order valence-electron chi connectivity index (χ2n) is 6.58. The molecular weight excluding hydrogens is 336 g/mol. The van der Waals surface area contributed by atoms with Crippen LogP contribution >= 0.6 is 0 Å². The van der Waals surface area contributed by atoms with Gasteiger partial charge in [0.25, 0.3) is 5.91 Å². The highest BCUT2D eigenvalue weighted by Gasteiger charge is 2.21. The Balaban J connectivity index is 2.59. The summed E-state index contributed by atoms with van der Waals surface area (Å²) in [5.74, 6) is -0.762. The van der Waals surface area contributed by atoms with E-state index in [0.29, 0.717) is 17.9 Å². The zero-order valence-electron chi connectivity index (χ0n) is 15.8. The van der Waals surface area contributed by atoms with Crippen LogP contribution < -0.4 is 15.4 Å². The first-order valence-corrected chi connectivity index (χ1v) is 8.36. The van der Waals surface area contributed by atoms with Crippen LogP contribution in [0.25, 0.3) is 6.08 Å². The van der Waals surface area contributed by atoms with Crippen LogP contribution in [0.5, 0.6) is 5.75 Å². The molecule has 2 N–H and O–H groups in total. The molecule has 0 aliphatic rings. The number of rotatable bonds is 6. The summed E-state index contributed by atoms with van der Waals surface area (Å²) >= 11 is 0. The van der Waals surface area contributed by atoms with Gasteiger partial charge in [0.05, 0.1) is 6.61 Å². The van der Waals surface area contributed by atoms with E-state index < -0.39 is 29.6 Å². The van der Waals surface area contributed by atoms with E-state index in [-0.39, 0.29) is 0 Å². The van der Waals surface area contributed by atoms with Gasteiger partial charge in [-0.05, 0) is 46.8 Å². The van der Waals surface area contributed by atoms with Crippen molar-refractivity contribution in [3.63, 3.8) is 0 Å². The number of hydrogen-bond donors (Lipinski definition) is 2. The van der Waals surface area contributed by atoms with Gasteiger partial charge in [0.2, 0.25) is 0 Å². The average molecular weight is 362 g/mol. The number of carbonyl (C=O) groups excluding carboxylic acids is 3. The average Bonchev–Trinajstić information content (AvgIpc) is 2.52. The Labute approximate surface area is 153 Å². The smallest absolute Gasteiger partial charge is 0.331 e. The molecule has 1 rings (SSSR count). The van der Waals surface area contributed by atoms with Gasteiger partial charge in [-0.25, -0.2) is 9.59 Å². The summed E-state index contributed by atoms with van der Waals surface area (Å²) in [5.41, 5.74) is 0.231. The van der Waals surface area contributed by atoms with Crippen molar-refractivity contribution in [2.45, 2.75) is 46.3 Å². The van der Waals surface area contributed by atoms with Crippen LogP contribution in [-0.4, -0.2) is 36.2 Å². The number of nitrogens with one attached hydrogen (secondary N) is 2. The van der Waals surface area contributed by atoms with Crippen molar-refractivity contribution in [2.24, 2.45) is 0 Å². The third-order valence-corrected chi connectivity index (χ3v) is 3.01. The standard InChI is InChI=1S/C19H26N2O5/c1-6-25-15-10-8-7-9-14(15)11-12-16(22)26-13(2)17(23)20-18(24)21-19(3,4)5/h7-13H,6H2,1-5H3,(H2,20,21,23,24)/b12-11+/t13-/m1/s1. The Morgan fingerprint density at radius 1 is 1.19 bits per heavy atom. The number of para-hydroxylation sites is 1. The zero-order valence-corrected chi connectivity index (χ0v) is 15.8. The molecule has 1 atom stereocenters. The summed E-state index contributed by atoms with van der Waals surface area (Å²) in [7, 11) is 0. The van der Waals surface area contributed by atoms with Gasteiger partial charge in [-0.2, -0.15) is 0 Å². The molecule has 0 spiro atoms. The van der Waals surface area contributed by atoms with Gasteiger partial charge in [0.1, 0.15) is 5.75 Å². The first-order chi connectivity index (χ1) is 12.1. The fraction of sp³-hybridized carbons (Fsp3) is 0.421. The summed E-state index contributed by atoms with van der Waals surface area (Å²) in [5, 5.41) is 4.71. The monoisotopic (exact) mass is 362 g/mol. The Morgan fingerprint density at radius 2 is 1.85 bits per heavy atom. The maximum Gasteiger partial charge on any atom is 0.331 e. The maximum absolute atomic E-state index is 11.9. The predicted octanol–water partition coefficient (Wildman–Crippen LogP) is 2.65. The lowest BCUT2D eigenvalue weighted by molar-refractivity contribution is -0.149. The van der Waals surface area contributed by atoms with E-state index in [1.54, 1.807) is 39.0 Å². The highest BCUT2D eigenvalue weighted by atomic mass is 16.5. The first-order valence-electron chi connectivity index (χ1n) is 8.36. The molecule has 0 saturated carbocycles. The normalized spacial score (nSPS) is 12.3. The van der Waals surface area contributed by atoms with Crippen LogP contribution in [0.15, 0.2) is 30.3 Å². The number of benzene rings is 1. The molecule has 0 saturated heterocycles. The Kier molecular flexibility index (Phi) is 7.83. The third kappa shape index (κ3) is 7.83. The molecule has 3 amide bonds. The molecule has 0 heterocycles. The lowest BCUT2D eigenvalue weighted by Gasteiger charge is -2.21. The van der Waals surface area contributed by atoms with Crippen LogP contribution in [-0.2, 0) is 14.3 Å². The van der Waals surface area contributed by atoms with Crippen LogP contribution in [0, 0.1) is 0 Å². The molecule has 0 aliphatic heterocycles. The van der Waals surface area contributed by atoms with Gasteiger partial charge in [0.15, 0.2) is 6.10 Å². The number of esters is 1. The Bertz CT molecular complexity index is 677. The summed E-state index contributed by atoms with van der Waals surface area (Å²) in [4.78, 5) is 35.4. The number of imide groups is 1. The molecule has 1 aromatic rings. The van der Waals surface area contributed by atoms with Crippen molar-refractivity contribution in [3.8, 4) is 5.75 Å². The first kappa shape index (κ1) is 21.2. The number of amides is 3. The van der Waals surface area contributed by atoms with E-state index in [0.717, 1.165) is 0 Å². The molecule has 142 valence electrons. The van der Waals surface area contributed by atoms with Crippen LogP contribution in [0.4, 0.5) is 4.79 Å². The molecule has 26 heavy (non-hydrogen) atoms. The topological polar surface area (TPSA) is 93.7 Å². The molecule has 0 unspecified atom stereocenters. The van der Waals surface area contributed by atoms with Crippen molar-refractivity contribution in [2.75, 3.05) is 6.61 Å². The van der Waals surface area contributed by atoms with E-state index >= 15 is 0 Å². The Hall–Kier alpha value is -2.83. The van der Waals surface area contributed by atoms with Crippen LogP contribution in [0.2, 0.25) is 0 Å². The van der Waals surface area contributed by atoms with Crippen LogP contribution in [0.3, 0.4) is 0 Å². The number of urea groups is 1. The zero-order chi connectivity index (χ0) is 19.7. The lowest BCUT2D eigenvalue weighted by Crippen LogP contribution is -2.50. The van der Waals surface area contributed by atoms with Gasteiger partial charge in [-0.15, -0.1) is 0 Å². The van der Waals surface area contributed by atoms with Crippen molar-refractivity contribution < 1.29 is 23.9 Å². The van der Waals surface area contributed by atoms with Gasteiger partial charge in [0, 0.05) is 17.2 Å². The van der Waals surface area contributed by atoms with Gasteiger partial charge < -0.3 is 14.8 Å². The number of carbonyl (C=O) groups is 3. The van der Waals surface area contributed by atoms with Gasteiger partial charge >= 0.3 is 12.0 Å². The fourth-order valence-corrected chi connectivity index (χ4v) is 1.92. The van der Waals surface area contributed by atoms with E-state index in [1.807, 2.05) is 19.1 Å². The molecule has 0 radical (unpaired) electrons. The third-order valence-electron chi connectivity index (χ3n) is 3.01. The summed E-state index contributed by atoms with van der Waals surface area (Å²) in [6.45, 7) is 9.11. The van der Waals surface area contributed by atoms with Crippen LogP contribution in [0.1, 0.15) is 40.2 Å². The number of hydrogen-bond acceptors (Lipinski definition) is 5. The van der Waals surface area contributed by atoms with E-state index in [2.05, 4.69) is 10.6 Å². The molecule has 7 heteroatoms. The molecule has 7 nitrogen and oxygen atoms in total. The van der Waals surface area contributed by atoms with Crippen molar-refractivity contribution >= 4 is 24.0 Å². The van der Waals surface area contributed by atoms with Gasteiger partial charge in [-0.1, -0.05) is 18.2 Å². The largest absolute Gasteiger partial charge is 0.493 e. The molecule has 0 aromatic heterocycles. The van der Waals surface area contributed by atoms with E-state index in [9.17, 15) is 14.4 Å². The van der Waals surface area contributed by atoms with E-state index in [1.165, 1.54) is 13.0 Å². The Morgan fingerprint density at radius 3 is 2.46 bits per heavy atom. The summed E-state index contributed by atoms with van der Waals surface area (Å²) in [6.07, 6.45) is 1.64. The van der Waals surface area contributed by atoms with Gasteiger partial charge in [-0.3, -0.25) is 10.1 Å². The summed E-state index contributed by atoms with van der Waals surface area (Å²) in [6, 6.07) is 6.58. The van der Waals surface area contributed by atoms with Crippen molar-refractivity contribution in [3.05, 3.63) is 35.9 Å². The lowest BCUT2D eigenvalue weighted by atomic mass is 10.1. The fourth-order valence-electron chi connectivity index (χ4n) is 1.92. The van der Waals surface area contributed by atoms with Crippen molar-refractivity contribution in [1.82, 2.24) is 10.6 Å². The SMILES string of the molecule is CCOc1ccccc1/C=C/C(=O)O[C@H](C)C(=O)NC(=O)NC(C)(C)C. The molecule has 0 fully saturated rings. The quantitative estimate of drug-likeness (QED) is 0.599. The minimum Gasteiger partial charge on any atom is -0.493 e. The molecule has 0 aliphatic carbocycles.